The maximum absolute atomic E-state index is 7.73. The van der Waals surface area contributed by atoms with Gasteiger partial charge in [0.05, 0.1) is 11.4 Å². The second-order valence-corrected chi connectivity index (χ2v) is 9.44. The van der Waals surface area contributed by atoms with Crippen LogP contribution in [0.2, 0.25) is 0 Å². The van der Waals surface area contributed by atoms with Crippen molar-refractivity contribution in [1.82, 2.24) is 4.90 Å². The lowest BCUT2D eigenvalue weighted by Gasteiger charge is -2.28. The molecule has 0 radical (unpaired) electrons. The maximum atomic E-state index is 7.73. The number of anilines is 2. The van der Waals surface area contributed by atoms with E-state index in [1.165, 1.54) is 35.1 Å². The van der Waals surface area contributed by atoms with Gasteiger partial charge in [-0.25, -0.2) is 4.99 Å². The molecule has 4 heteroatoms. The number of aryl methyl sites for hydroxylation is 3. The predicted molar refractivity (Wildman–Crippen MR) is 158 cm³/mol. The van der Waals surface area contributed by atoms with Crippen molar-refractivity contribution in [3.63, 3.8) is 0 Å². The van der Waals surface area contributed by atoms with Gasteiger partial charge in [-0.3, -0.25) is 0 Å². The molecule has 2 aromatic carbocycles. The Bertz CT molecular complexity index is 1130. The zero-order chi connectivity index (χ0) is 26.1. The van der Waals surface area contributed by atoms with Crippen LogP contribution in [0, 0.1) is 12.3 Å². The highest BCUT2D eigenvalue weighted by Crippen LogP contribution is 2.33. The van der Waals surface area contributed by atoms with Crippen LogP contribution >= 0.6 is 0 Å². The van der Waals surface area contributed by atoms with Gasteiger partial charge in [-0.15, -0.1) is 0 Å². The first-order valence-corrected chi connectivity index (χ1v) is 13.3. The predicted octanol–water partition coefficient (Wildman–Crippen LogP) is 8.11. The van der Waals surface area contributed by atoms with Crippen molar-refractivity contribution in [1.29, 1.82) is 5.41 Å². The minimum absolute atomic E-state index is 0.716. The third kappa shape index (κ3) is 6.63. The Balaban J connectivity index is 2.02. The number of allylic oxidation sites excluding steroid dienone is 4. The third-order valence-corrected chi connectivity index (χ3v) is 7.02. The number of benzene rings is 2. The molecular formula is C32H42N4. The van der Waals surface area contributed by atoms with Crippen LogP contribution in [0.5, 0.6) is 0 Å². The molecule has 1 fully saturated rings. The van der Waals surface area contributed by atoms with E-state index in [4.69, 9.17) is 10.4 Å². The molecule has 190 valence electrons. The van der Waals surface area contributed by atoms with Crippen LogP contribution in [-0.2, 0) is 12.8 Å². The summed E-state index contributed by atoms with van der Waals surface area (Å²) in [5.41, 5.74) is 9.87. The highest BCUT2D eigenvalue weighted by atomic mass is 15.2. The highest BCUT2D eigenvalue weighted by Gasteiger charge is 2.17. The Kier molecular flexibility index (Phi) is 9.86. The Morgan fingerprint density at radius 2 is 1.83 bits per heavy atom. The molecule has 1 aliphatic rings. The molecule has 3 rings (SSSR count). The Morgan fingerprint density at radius 1 is 1.11 bits per heavy atom. The largest absolute Gasteiger partial charge is 0.375 e. The molecule has 1 saturated heterocycles. The van der Waals surface area contributed by atoms with Crippen LogP contribution in [0.3, 0.4) is 0 Å². The number of rotatable bonds is 12. The van der Waals surface area contributed by atoms with E-state index in [0.717, 1.165) is 67.8 Å². The summed E-state index contributed by atoms with van der Waals surface area (Å²) >= 11 is 0. The fourth-order valence-corrected chi connectivity index (χ4v) is 4.74. The summed E-state index contributed by atoms with van der Waals surface area (Å²) in [5, 5.41) is 7.73. The molecule has 0 atom stereocenters. The molecule has 4 nitrogen and oxygen atoms in total. The first kappa shape index (κ1) is 27.2. The highest BCUT2D eigenvalue weighted by molar-refractivity contribution is 6.21. The molecule has 2 aromatic rings. The molecule has 1 aliphatic heterocycles. The molecule has 0 unspecified atom stereocenters. The summed E-state index contributed by atoms with van der Waals surface area (Å²) in [6, 6.07) is 13.5. The molecule has 0 bridgehead atoms. The average Bonchev–Trinajstić information content (AvgIpc) is 3.31. The van der Waals surface area contributed by atoms with Crippen LogP contribution in [0.15, 0.2) is 78.0 Å². The van der Waals surface area contributed by atoms with Gasteiger partial charge in [-0.05, 0) is 93.0 Å². The summed E-state index contributed by atoms with van der Waals surface area (Å²) in [7, 11) is 0. The van der Waals surface area contributed by atoms with E-state index in [1.54, 1.807) is 6.08 Å². The minimum atomic E-state index is 0.716. The fourth-order valence-electron chi connectivity index (χ4n) is 4.74. The Hall–Kier alpha value is -3.40. The van der Waals surface area contributed by atoms with Crippen molar-refractivity contribution >= 4 is 29.0 Å². The van der Waals surface area contributed by atoms with Crippen molar-refractivity contribution in [2.75, 3.05) is 24.5 Å². The lowest BCUT2D eigenvalue weighted by Crippen LogP contribution is -2.25. The smallest absolute Gasteiger partial charge is 0.0715 e. The van der Waals surface area contributed by atoms with Crippen LogP contribution < -0.4 is 4.90 Å². The number of aliphatic imine (C=N–C) groups is 1. The molecule has 0 spiro atoms. The van der Waals surface area contributed by atoms with E-state index in [9.17, 15) is 0 Å². The molecular weight excluding hydrogens is 440 g/mol. The van der Waals surface area contributed by atoms with Gasteiger partial charge < -0.3 is 15.2 Å². The van der Waals surface area contributed by atoms with E-state index < -0.39 is 0 Å². The van der Waals surface area contributed by atoms with E-state index in [0.29, 0.717) is 5.71 Å². The van der Waals surface area contributed by atoms with Gasteiger partial charge in [-0.1, -0.05) is 45.2 Å². The standard InChI is InChI=1S/C32H42N4/c1-7-26-19-27(8-2)21-30(20-26)36(18-12-17-35-16-11-13-25(35)6)29-15-14-24(5)32(22-29)34-31(10-4)28(9-3)23-33/h9-10,14-15,19-23,33H,4,6-8,11-13,16-18H2,1-3,5H3/b28-9+,33-23?,34-31+. The third-order valence-electron chi connectivity index (χ3n) is 7.02. The van der Waals surface area contributed by atoms with Gasteiger partial charge in [0.1, 0.15) is 0 Å². The van der Waals surface area contributed by atoms with E-state index >= 15 is 0 Å². The van der Waals surface area contributed by atoms with Gasteiger partial charge in [0.15, 0.2) is 0 Å². The molecule has 1 heterocycles. The molecule has 1 N–H and O–H groups in total. The van der Waals surface area contributed by atoms with Crippen LogP contribution in [-0.4, -0.2) is 36.5 Å². The normalized spacial score (nSPS) is 14.3. The lowest BCUT2D eigenvalue weighted by molar-refractivity contribution is 0.389. The maximum Gasteiger partial charge on any atom is 0.0715 e. The summed E-state index contributed by atoms with van der Waals surface area (Å²) in [6.07, 6.45) is 10.4. The van der Waals surface area contributed by atoms with Gasteiger partial charge in [-0.2, -0.15) is 0 Å². The SMILES string of the molecule is C=CC(=N\c1cc(N(CCCN2CCCC2=C)c2cc(CC)cc(CC)c2)ccc1C)/C(C=N)=C/C. The quantitative estimate of drug-likeness (QED) is 0.310. The van der Waals surface area contributed by atoms with Crippen LogP contribution in [0.4, 0.5) is 17.1 Å². The second kappa shape index (κ2) is 13.1. The topological polar surface area (TPSA) is 42.7 Å². The monoisotopic (exact) mass is 482 g/mol. The summed E-state index contributed by atoms with van der Waals surface area (Å²) in [4.78, 5) is 9.79. The van der Waals surface area contributed by atoms with Crippen LogP contribution in [0.1, 0.15) is 56.7 Å². The zero-order valence-corrected chi connectivity index (χ0v) is 22.6. The van der Waals surface area contributed by atoms with E-state index in [2.05, 4.69) is 80.1 Å². The van der Waals surface area contributed by atoms with Gasteiger partial charge in [0.25, 0.3) is 0 Å². The Labute approximate surface area is 218 Å². The van der Waals surface area contributed by atoms with Crippen LogP contribution in [0.25, 0.3) is 0 Å². The molecule has 0 amide bonds. The van der Waals surface area contributed by atoms with Crippen molar-refractivity contribution in [3.8, 4) is 0 Å². The minimum Gasteiger partial charge on any atom is -0.375 e. The number of likely N-dealkylation sites (tertiary alicyclic amines) is 1. The van der Waals surface area contributed by atoms with Crippen molar-refractivity contribution in [2.24, 2.45) is 4.99 Å². The van der Waals surface area contributed by atoms with Gasteiger partial charge in [0, 0.05) is 48.5 Å². The molecule has 0 aliphatic carbocycles. The average molecular weight is 483 g/mol. The Morgan fingerprint density at radius 3 is 2.39 bits per heavy atom. The number of nitrogens with one attached hydrogen (secondary N) is 1. The summed E-state index contributed by atoms with van der Waals surface area (Å²) < 4.78 is 0. The second-order valence-electron chi connectivity index (χ2n) is 9.44. The number of hydrogen-bond acceptors (Lipinski definition) is 4. The number of hydrogen-bond donors (Lipinski definition) is 1. The summed E-state index contributed by atoms with van der Waals surface area (Å²) in [5.74, 6) is 0. The number of nitrogens with zero attached hydrogens (tertiary/aromatic N) is 3. The van der Waals surface area contributed by atoms with E-state index in [1.807, 2.05) is 13.0 Å². The molecule has 0 saturated carbocycles. The van der Waals surface area contributed by atoms with Gasteiger partial charge >= 0.3 is 0 Å². The first-order chi connectivity index (χ1) is 17.4. The van der Waals surface area contributed by atoms with Gasteiger partial charge in [0.2, 0.25) is 0 Å². The summed E-state index contributed by atoms with van der Waals surface area (Å²) in [6.45, 7) is 19.7. The molecule has 0 aromatic heterocycles. The lowest BCUT2D eigenvalue weighted by atomic mass is 10.0. The molecule has 36 heavy (non-hydrogen) atoms. The van der Waals surface area contributed by atoms with Crippen molar-refractivity contribution in [2.45, 2.75) is 59.8 Å². The van der Waals surface area contributed by atoms with Crippen molar-refractivity contribution < 1.29 is 0 Å². The first-order valence-electron chi connectivity index (χ1n) is 13.3. The fraction of sp³-hybridized carbons (Fsp3) is 0.375. The van der Waals surface area contributed by atoms with E-state index in [-0.39, 0.29) is 0 Å². The van der Waals surface area contributed by atoms with Crippen molar-refractivity contribution in [3.05, 3.63) is 89.7 Å². The zero-order valence-electron chi connectivity index (χ0n) is 22.6.